The lowest BCUT2D eigenvalue weighted by Crippen LogP contribution is -2.29. The van der Waals surface area contributed by atoms with Crippen molar-refractivity contribution in [3.8, 4) is 0 Å². The van der Waals surface area contributed by atoms with Crippen LogP contribution in [0.3, 0.4) is 0 Å². The van der Waals surface area contributed by atoms with Crippen LogP contribution in [-0.2, 0) is 4.74 Å². The molecular weight excluding hydrogens is 228 g/mol. The van der Waals surface area contributed by atoms with Gasteiger partial charge in [0, 0.05) is 33.8 Å². The van der Waals surface area contributed by atoms with Gasteiger partial charge in [0.2, 0.25) is 0 Å². The number of nitrogens with zero attached hydrogens (tertiary/aromatic N) is 2. The zero-order valence-electron chi connectivity index (χ0n) is 12.1. The molecule has 0 saturated heterocycles. The molecule has 0 aromatic heterocycles. The van der Waals surface area contributed by atoms with Gasteiger partial charge in [-0.15, -0.1) is 0 Å². The molecule has 4 heteroatoms. The van der Waals surface area contributed by atoms with Gasteiger partial charge in [0.15, 0.2) is 0 Å². The van der Waals surface area contributed by atoms with Crippen LogP contribution in [0.25, 0.3) is 0 Å². The molecule has 0 rings (SSSR count). The van der Waals surface area contributed by atoms with E-state index < -0.39 is 8.07 Å². The van der Waals surface area contributed by atoms with Crippen molar-refractivity contribution in [2.75, 3.05) is 19.9 Å². The highest BCUT2D eigenvalue weighted by molar-refractivity contribution is 6.76. The van der Waals surface area contributed by atoms with Crippen molar-refractivity contribution in [2.24, 2.45) is 4.99 Å². The zero-order chi connectivity index (χ0) is 13.3. The first-order valence-electron chi connectivity index (χ1n) is 6.44. The van der Waals surface area contributed by atoms with E-state index in [0.29, 0.717) is 6.73 Å². The maximum atomic E-state index is 5.70. The fraction of sp³-hybridized carbons (Fsp3) is 0.769. The quantitative estimate of drug-likeness (QED) is 0.218. The summed E-state index contributed by atoms with van der Waals surface area (Å²) in [5, 5.41) is 0. The van der Waals surface area contributed by atoms with E-state index in [2.05, 4.69) is 38.1 Å². The van der Waals surface area contributed by atoms with Crippen LogP contribution in [-0.4, -0.2) is 38.7 Å². The number of amidine groups is 1. The lowest BCUT2D eigenvalue weighted by Gasteiger charge is -2.22. The van der Waals surface area contributed by atoms with E-state index in [4.69, 9.17) is 4.74 Å². The third kappa shape index (κ3) is 8.16. The molecule has 0 unspecified atom stereocenters. The van der Waals surface area contributed by atoms with Gasteiger partial charge in [-0.1, -0.05) is 33.1 Å². The van der Waals surface area contributed by atoms with E-state index in [0.717, 1.165) is 25.4 Å². The van der Waals surface area contributed by atoms with Gasteiger partial charge in [-0.2, -0.15) is 0 Å². The van der Waals surface area contributed by atoms with Gasteiger partial charge in [0.25, 0.3) is 0 Å². The molecule has 0 aliphatic carbocycles. The summed E-state index contributed by atoms with van der Waals surface area (Å²) < 4.78 is 5.70. The Labute approximate surface area is 108 Å². The Hall–Kier alpha value is -0.613. The lowest BCUT2D eigenvalue weighted by molar-refractivity contribution is 0.0926. The van der Waals surface area contributed by atoms with Crippen LogP contribution in [0.5, 0.6) is 0 Å². The fourth-order valence-electron chi connectivity index (χ4n) is 1.36. The minimum absolute atomic E-state index is 0.570. The van der Waals surface area contributed by atoms with Gasteiger partial charge in [-0.3, -0.25) is 4.99 Å². The highest BCUT2D eigenvalue weighted by Crippen LogP contribution is 2.08. The van der Waals surface area contributed by atoms with E-state index >= 15 is 0 Å². The standard InChI is InChI=1S/C13H28N2OSi/c1-7-13(14-8-2)15(9-3)12-16-10-11-17(4,5)6/h9H,3,7-8,10-12H2,1-2,4-6H3. The molecule has 0 atom stereocenters. The van der Waals surface area contributed by atoms with Gasteiger partial charge < -0.3 is 9.64 Å². The Bertz CT molecular complexity index is 246. The first-order valence-corrected chi connectivity index (χ1v) is 10.2. The van der Waals surface area contributed by atoms with Gasteiger partial charge >= 0.3 is 0 Å². The van der Waals surface area contributed by atoms with Gasteiger partial charge in [0.1, 0.15) is 12.6 Å². The molecule has 0 spiro atoms. The van der Waals surface area contributed by atoms with Gasteiger partial charge in [-0.25, -0.2) is 0 Å². The number of aliphatic imine (C=N–C) groups is 1. The smallest absolute Gasteiger partial charge is 0.123 e. The maximum absolute atomic E-state index is 5.70. The topological polar surface area (TPSA) is 24.8 Å². The average molecular weight is 256 g/mol. The molecule has 17 heavy (non-hydrogen) atoms. The normalized spacial score (nSPS) is 12.6. The molecule has 3 nitrogen and oxygen atoms in total. The molecule has 0 heterocycles. The van der Waals surface area contributed by atoms with E-state index in [9.17, 15) is 0 Å². The summed E-state index contributed by atoms with van der Waals surface area (Å²) in [7, 11) is -0.990. The Morgan fingerprint density at radius 1 is 1.35 bits per heavy atom. The first-order chi connectivity index (χ1) is 7.94. The van der Waals surface area contributed by atoms with Crippen LogP contribution < -0.4 is 0 Å². The first kappa shape index (κ1) is 16.4. The van der Waals surface area contributed by atoms with E-state index in [1.54, 1.807) is 6.20 Å². The molecule has 0 aromatic rings. The summed E-state index contributed by atoms with van der Waals surface area (Å²) in [6, 6.07) is 1.20. The van der Waals surface area contributed by atoms with Crippen molar-refractivity contribution in [2.45, 2.75) is 46.0 Å². The van der Waals surface area contributed by atoms with Crippen LogP contribution in [0.4, 0.5) is 0 Å². The molecule has 0 bridgehead atoms. The predicted molar refractivity (Wildman–Crippen MR) is 79.3 cm³/mol. The fourth-order valence-corrected chi connectivity index (χ4v) is 2.12. The Balaban J connectivity index is 4.06. The zero-order valence-corrected chi connectivity index (χ0v) is 13.1. The summed E-state index contributed by atoms with van der Waals surface area (Å²) in [4.78, 5) is 6.44. The van der Waals surface area contributed by atoms with Crippen LogP contribution in [0, 0.1) is 0 Å². The summed E-state index contributed by atoms with van der Waals surface area (Å²) >= 11 is 0. The van der Waals surface area contributed by atoms with Crippen molar-refractivity contribution in [1.82, 2.24) is 4.90 Å². The Morgan fingerprint density at radius 3 is 2.41 bits per heavy atom. The number of ether oxygens (including phenoxy) is 1. The minimum Gasteiger partial charge on any atom is -0.361 e. The van der Waals surface area contributed by atoms with Crippen molar-refractivity contribution >= 4 is 13.9 Å². The second kappa shape index (κ2) is 8.47. The molecule has 0 radical (unpaired) electrons. The number of hydrogen-bond acceptors (Lipinski definition) is 2. The van der Waals surface area contributed by atoms with Crippen molar-refractivity contribution < 1.29 is 4.74 Å². The van der Waals surface area contributed by atoms with Gasteiger partial charge in [0.05, 0.1) is 0 Å². The Morgan fingerprint density at radius 2 is 2.00 bits per heavy atom. The van der Waals surface area contributed by atoms with Gasteiger partial charge in [-0.05, 0) is 13.0 Å². The number of rotatable bonds is 8. The summed E-state index contributed by atoms with van der Waals surface area (Å²) in [5.74, 6) is 1.05. The summed E-state index contributed by atoms with van der Waals surface area (Å²) in [5.41, 5.74) is 0. The molecule has 0 aromatic carbocycles. The molecule has 0 fully saturated rings. The van der Waals surface area contributed by atoms with Crippen molar-refractivity contribution in [3.05, 3.63) is 12.8 Å². The predicted octanol–water partition coefficient (Wildman–Crippen LogP) is 3.57. The molecular formula is C13H28N2OSi. The minimum atomic E-state index is -0.990. The number of hydrogen-bond donors (Lipinski definition) is 0. The van der Waals surface area contributed by atoms with E-state index in [1.165, 1.54) is 6.04 Å². The molecule has 0 saturated carbocycles. The molecule has 0 N–H and O–H groups in total. The second-order valence-electron chi connectivity index (χ2n) is 5.24. The third-order valence-electron chi connectivity index (χ3n) is 2.44. The van der Waals surface area contributed by atoms with Crippen LogP contribution >= 0.6 is 0 Å². The molecule has 0 amide bonds. The van der Waals surface area contributed by atoms with E-state index in [-0.39, 0.29) is 0 Å². The third-order valence-corrected chi connectivity index (χ3v) is 4.14. The second-order valence-corrected chi connectivity index (χ2v) is 10.9. The van der Waals surface area contributed by atoms with Crippen molar-refractivity contribution in [3.63, 3.8) is 0 Å². The van der Waals surface area contributed by atoms with Crippen LogP contribution in [0.1, 0.15) is 20.3 Å². The highest BCUT2D eigenvalue weighted by atomic mass is 28.3. The summed E-state index contributed by atoms with van der Waals surface area (Å²) in [6.07, 6.45) is 2.71. The van der Waals surface area contributed by atoms with Crippen LogP contribution in [0.15, 0.2) is 17.8 Å². The SMILES string of the molecule is C=CN(COCC[Si](C)(C)C)C(CC)=NCC. The largest absolute Gasteiger partial charge is 0.361 e. The lowest BCUT2D eigenvalue weighted by atomic mass is 10.4. The summed E-state index contributed by atoms with van der Waals surface area (Å²) in [6.45, 7) is 17.3. The average Bonchev–Trinajstić information content (AvgIpc) is 2.25. The molecule has 100 valence electrons. The highest BCUT2D eigenvalue weighted by Gasteiger charge is 2.12. The van der Waals surface area contributed by atoms with Crippen molar-refractivity contribution in [1.29, 1.82) is 0 Å². The molecule has 0 aliphatic rings. The van der Waals surface area contributed by atoms with Crippen LogP contribution in [0.2, 0.25) is 25.7 Å². The maximum Gasteiger partial charge on any atom is 0.123 e. The van der Waals surface area contributed by atoms with E-state index in [1.807, 2.05) is 11.8 Å². The monoisotopic (exact) mass is 256 g/mol. The Kier molecular flexibility index (Phi) is 8.17. The molecule has 0 aliphatic heterocycles.